The predicted octanol–water partition coefficient (Wildman–Crippen LogP) is 2.28. The van der Waals surface area contributed by atoms with Gasteiger partial charge < -0.3 is 23.5 Å². The number of para-hydroxylation sites is 2. The van der Waals surface area contributed by atoms with E-state index in [2.05, 4.69) is 0 Å². The number of furan rings is 1. The summed E-state index contributed by atoms with van der Waals surface area (Å²) in [5.41, 5.74) is 1.15. The fourth-order valence-corrected chi connectivity index (χ4v) is 4.37. The number of ether oxygens (including phenoxy) is 1. The number of piperazine rings is 1. The van der Waals surface area contributed by atoms with Crippen molar-refractivity contribution in [2.45, 2.75) is 6.54 Å². The van der Waals surface area contributed by atoms with Crippen molar-refractivity contribution in [3.63, 3.8) is 0 Å². The van der Waals surface area contributed by atoms with Crippen molar-refractivity contribution in [2.24, 2.45) is 0 Å². The van der Waals surface area contributed by atoms with Gasteiger partial charge in [0.25, 0.3) is 11.8 Å². The van der Waals surface area contributed by atoms with E-state index in [9.17, 15) is 19.2 Å². The highest BCUT2D eigenvalue weighted by atomic mass is 16.5. The van der Waals surface area contributed by atoms with Gasteiger partial charge in [-0.05, 0) is 36.4 Å². The van der Waals surface area contributed by atoms with Crippen LogP contribution >= 0.6 is 0 Å². The van der Waals surface area contributed by atoms with E-state index in [0.29, 0.717) is 48.0 Å². The topological polar surface area (TPSA) is 102 Å². The molecular weight excluding hydrogens is 450 g/mol. The lowest BCUT2D eigenvalue weighted by Crippen LogP contribution is -2.51. The Hall–Kier alpha value is -4.40. The third kappa shape index (κ3) is 4.40. The third-order valence-electron chi connectivity index (χ3n) is 6.17. The average molecular weight is 473 g/mol. The lowest BCUT2D eigenvalue weighted by molar-refractivity contribution is -0.153. The van der Waals surface area contributed by atoms with Crippen LogP contribution in [0.4, 0.5) is 0 Å². The van der Waals surface area contributed by atoms with Crippen LogP contribution in [-0.2, 0) is 20.9 Å². The summed E-state index contributed by atoms with van der Waals surface area (Å²) in [7, 11) is 0. The summed E-state index contributed by atoms with van der Waals surface area (Å²) in [6.45, 7) is 0.903. The maximum Gasteiger partial charge on any atom is 0.326 e. The quantitative estimate of drug-likeness (QED) is 0.326. The highest BCUT2D eigenvalue weighted by molar-refractivity contribution is 5.95. The molecule has 9 nitrogen and oxygen atoms in total. The summed E-state index contributed by atoms with van der Waals surface area (Å²) >= 11 is 0. The molecule has 0 unspecified atom stereocenters. The Morgan fingerprint density at radius 3 is 2.00 bits per heavy atom. The highest BCUT2D eigenvalue weighted by Gasteiger charge is 2.26. The smallest absolute Gasteiger partial charge is 0.326 e. The van der Waals surface area contributed by atoms with E-state index in [-0.39, 0.29) is 36.2 Å². The Morgan fingerprint density at radius 1 is 0.800 bits per heavy atom. The monoisotopic (exact) mass is 473 g/mol. The second-order valence-corrected chi connectivity index (χ2v) is 8.26. The zero-order valence-corrected chi connectivity index (χ0v) is 18.9. The first-order chi connectivity index (χ1) is 17.0. The van der Waals surface area contributed by atoms with Gasteiger partial charge in [0, 0.05) is 37.0 Å². The van der Waals surface area contributed by atoms with Gasteiger partial charge in [-0.15, -0.1) is 0 Å². The van der Waals surface area contributed by atoms with Gasteiger partial charge in [0.1, 0.15) is 6.54 Å². The van der Waals surface area contributed by atoms with Crippen LogP contribution in [0.5, 0.6) is 0 Å². The highest BCUT2D eigenvalue weighted by Crippen LogP contribution is 2.19. The first-order valence-corrected chi connectivity index (χ1v) is 11.3. The van der Waals surface area contributed by atoms with E-state index in [4.69, 9.17) is 9.15 Å². The number of benzene rings is 2. The van der Waals surface area contributed by atoms with Crippen molar-refractivity contribution in [1.82, 2.24) is 14.4 Å². The maximum atomic E-state index is 12.8. The van der Waals surface area contributed by atoms with Gasteiger partial charge in [-0.2, -0.15) is 0 Å². The summed E-state index contributed by atoms with van der Waals surface area (Å²) in [5.74, 6) is -0.850. The molecule has 9 heteroatoms. The van der Waals surface area contributed by atoms with Crippen molar-refractivity contribution < 1.29 is 23.5 Å². The second-order valence-electron chi connectivity index (χ2n) is 8.26. The van der Waals surface area contributed by atoms with E-state index in [1.807, 2.05) is 0 Å². The summed E-state index contributed by atoms with van der Waals surface area (Å²) in [4.78, 5) is 53.7. The lowest BCUT2D eigenvalue weighted by Gasteiger charge is -2.34. The average Bonchev–Trinajstić information content (AvgIpc) is 3.44. The molecule has 1 aliphatic rings. The molecule has 2 aromatic heterocycles. The molecule has 2 aromatic carbocycles. The molecule has 0 saturated carbocycles. The van der Waals surface area contributed by atoms with E-state index in [1.165, 1.54) is 6.26 Å². The molecule has 5 rings (SSSR count). The SMILES string of the molecule is O=C(Cn1c2ccccc2c(=O)c2ccccc21)OCC(=O)N1CCN(C(=O)c2ccco2)CC1. The van der Waals surface area contributed by atoms with Gasteiger partial charge in [0.15, 0.2) is 17.8 Å². The van der Waals surface area contributed by atoms with Crippen molar-refractivity contribution in [3.8, 4) is 0 Å². The number of esters is 1. The number of pyridine rings is 1. The molecule has 0 spiro atoms. The van der Waals surface area contributed by atoms with Crippen molar-refractivity contribution in [3.05, 3.63) is 82.9 Å². The number of carbonyl (C=O) groups is 3. The second kappa shape index (κ2) is 9.46. The minimum atomic E-state index is -0.580. The number of hydrogen-bond donors (Lipinski definition) is 0. The summed E-state index contributed by atoms with van der Waals surface area (Å²) in [6, 6.07) is 17.4. The zero-order valence-electron chi connectivity index (χ0n) is 18.9. The molecule has 1 fully saturated rings. The molecule has 0 aliphatic carbocycles. The van der Waals surface area contributed by atoms with Crippen LogP contribution in [0.2, 0.25) is 0 Å². The number of amides is 2. The fourth-order valence-electron chi connectivity index (χ4n) is 4.37. The van der Waals surface area contributed by atoms with Crippen LogP contribution < -0.4 is 5.43 Å². The molecule has 0 radical (unpaired) electrons. The van der Waals surface area contributed by atoms with Gasteiger partial charge in [-0.1, -0.05) is 24.3 Å². The van der Waals surface area contributed by atoms with E-state index in [1.54, 1.807) is 75.0 Å². The van der Waals surface area contributed by atoms with E-state index < -0.39 is 5.97 Å². The normalized spacial score (nSPS) is 13.8. The number of fused-ring (bicyclic) bond motifs is 2. The van der Waals surface area contributed by atoms with Crippen LogP contribution in [0.25, 0.3) is 21.8 Å². The van der Waals surface area contributed by atoms with Crippen LogP contribution in [0.15, 0.2) is 76.1 Å². The Morgan fingerprint density at radius 2 is 1.40 bits per heavy atom. The Kier molecular flexibility index (Phi) is 6.05. The molecule has 1 aliphatic heterocycles. The number of carbonyl (C=O) groups excluding carboxylic acids is 3. The predicted molar refractivity (Wildman–Crippen MR) is 128 cm³/mol. The molecule has 0 atom stereocenters. The number of aromatic nitrogens is 1. The fraction of sp³-hybridized carbons (Fsp3) is 0.231. The van der Waals surface area contributed by atoms with Crippen LogP contribution in [-0.4, -0.2) is 64.9 Å². The van der Waals surface area contributed by atoms with Gasteiger partial charge >= 0.3 is 5.97 Å². The first-order valence-electron chi connectivity index (χ1n) is 11.3. The summed E-state index contributed by atoms with van der Waals surface area (Å²) < 4.78 is 12.2. The third-order valence-corrected chi connectivity index (χ3v) is 6.17. The molecule has 2 amide bonds. The maximum absolute atomic E-state index is 12.8. The Bertz CT molecular complexity index is 1410. The Labute approximate surface area is 200 Å². The standard InChI is InChI=1S/C26H23N3O6/c30-23(27-11-13-28(14-12-27)26(33)22-10-5-15-34-22)17-35-24(31)16-29-20-8-3-1-6-18(20)25(32)19-7-2-4-9-21(19)29/h1-10,15H,11-14,16-17H2. The molecule has 35 heavy (non-hydrogen) atoms. The number of rotatable bonds is 5. The van der Waals surface area contributed by atoms with Gasteiger partial charge in [0.05, 0.1) is 17.3 Å². The molecule has 0 N–H and O–H groups in total. The van der Waals surface area contributed by atoms with Gasteiger partial charge in [-0.25, -0.2) is 0 Å². The first kappa shape index (κ1) is 22.4. The summed E-state index contributed by atoms with van der Waals surface area (Å²) in [6.07, 6.45) is 1.44. The van der Waals surface area contributed by atoms with Crippen molar-refractivity contribution in [1.29, 1.82) is 0 Å². The van der Waals surface area contributed by atoms with Crippen LogP contribution in [0.3, 0.4) is 0 Å². The largest absolute Gasteiger partial charge is 0.459 e. The summed E-state index contributed by atoms with van der Waals surface area (Å²) in [5, 5.41) is 1.02. The van der Waals surface area contributed by atoms with E-state index >= 15 is 0 Å². The molecular formula is C26H23N3O6. The van der Waals surface area contributed by atoms with Gasteiger partial charge in [-0.3, -0.25) is 19.2 Å². The van der Waals surface area contributed by atoms with Crippen LogP contribution in [0, 0.1) is 0 Å². The van der Waals surface area contributed by atoms with Crippen molar-refractivity contribution >= 4 is 39.6 Å². The number of nitrogens with zero attached hydrogens (tertiary/aromatic N) is 3. The molecule has 4 aromatic rings. The zero-order chi connectivity index (χ0) is 24.4. The lowest BCUT2D eigenvalue weighted by atomic mass is 10.1. The Balaban J connectivity index is 1.22. The minimum absolute atomic E-state index is 0.0966. The van der Waals surface area contributed by atoms with Crippen molar-refractivity contribution in [2.75, 3.05) is 32.8 Å². The number of hydrogen-bond acceptors (Lipinski definition) is 6. The molecule has 0 bridgehead atoms. The van der Waals surface area contributed by atoms with E-state index in [0.717, 1.165) is 0 Å². The minimum Gasteiger partial charge on any atom is -0.459 e. The molecule has 1 saturated heterocycles. The molecule has 3 heterocycles. The molecule has 178 valence electrons. The van der Waals surface area contributed by atoms with Gasteiger partial charge in [0.2, 0.25) is 0 Å². The van der Waals surface area contributed by atoms with Crippen LogP contribution in [0.1, 0.15) is 10.6 Å².